The summed E-state index contributed by atoms with van der Waals surface area (Å²) in [5.74, 6) is 1.91. The molecule has 128 valence electrons. The molecule has 0 aliphatic rings. The van der Waals surface area contributed by atoms with Crippen molar-refractivity contribution in [3.05, 3.63) is 36.3 Å². The van der Waals surface area contributed by atoms with Crippen molar-refractivity contribution >= 4 is 17.4 Å². The minimum absolute atomic E-state index is 0.218. The molecule has 0 spiro atoms. The number of hydrogen-bond donors (Lipinski definition) is 2. The van der Waals surface area contributed by atoms with Gasteiger partial charge >= 0.3 is 0 Å². The third kappa shape index (κ3) is 4.58. The molecule has 0 fully saturated rings. The Hall–Kier alpha value is -2.83. The summed E-state index contributed by atoms with van der Waals surface area (Å²) in [5, 5.41) is 5.91. The molecule has 0 aliphatic heterocycles. The predicted molar refractivity (Wildman–Crippen MR) is 92.9 cm³/mol. The molecule has 24 heavy (non-hydrogen) atoms. The van der Waals surface area contributed by atoms with Gasteiger partial charge in [0.05, 0.1) is 32.3 Å². The fraction of sp³-hybridized carbons (Fsp3) is 0.353. The largest absolute Gasteiger partial charge is 0.497 e. The van der Waals surface area contributed by atoms with Crippen LogP contribution in [0.25, 0.3) is 0 Å². The monoisotopic (exact) mass is 330 g/mol. The first-order valence-corrected chi connectivity index (χ1v) is 7.62. The van der Waals surface area contributed by atoms with E-state index < -0.39 is 0 Å². The Bertz CT molecular complexity index is 687. The molecule has 0 saturated carbocycles. The minimum Gasteiger partial charge on any atom is -0.497 e. The molecule has 1 amide bonds. The molecule has 1 aromatic heterocycles. The fourth-order valence-electron chi connectivity index (χ4n) is 1.94. The number of nitrogens with zero attached hydrogens (tertiary/aromatic N) is 2. The summed E-state index contributed by atoms with van der Waals surface area (Å²) in [6.45, 7) is 4.99. The van der Waals surface area contributed by atoms with Crippen LogP contribution in [0.5, 0.6) is 11.5 Å². The Kier molecular flexibility index (Phi) is 5.95. The molecule has 1 aromatic carbocycles. The van der Waals surface area contributed by atoms with Crippen molar-refractivity contribution in [3.63, 3.8) is 0 Å². The van der Waals surface area contributed by atoms with Gasteiger partial charge in [-0.25, -0.2) is 9.97 Å². The second kappa shape index (κ2) is 8.14. The summed E-state index contributed by atoms with van der Waals surface area (Å²) in [5.41, 5.74) is 0.723. The molecule has 0 radical (unpaired) electrons. The molecule has 0 saturated heterocycles. The SMILES string of the molecule is COc1ccc(OC)c(NC(=O)c2cnc(NCC(C)C)cn2)c1. The average Bonchev–Trinajstić information content (AvgIpc) is 2.60. The first-order chi connectivity index (χ1) is 11.5. The van der Waals surface area contributed by atoms with Gasteiger partial charge in [0.25, 0.3) is 5.91 Å². The number of ether oxygens (including phenoxy) is 2. The smallest absolute Gasteiger partial charge is 0.275 e. The lowest BCUT2D eigenvalue weighted by Gasteiger charge is -2.12. The van der Waals surface area contributed by atoms with Crippen LogP contribution in [0.15, 0.2) is 30.6 Å². The number of benzene rings is 1. The predicted octanol–water partition coefficient (Wildman–Crippen LogP) is 2.81. The molecule has 1 heterocycles. The number of amides is 1. The van der Waals surface area contributed by atoms with Crippen LogP contribution in [-0.4, -0.2) is 36.6 Å². The van der Waals surface area contributed by atoms with E-state index in [1.165, 1.54) is 13.3 Å². The lowest BCUT2D eigenvalue weighted by atomic mass is 10.2. The summed E-state index contributed by atoms with van der Waals surface area (Å²) >= 11 is 0. The van der Waals surface area contributed by atoms with Crippen LogP contribution < -0.4 is 20.1 Å². The number of carbonyl (C=O) groups excluding carboxylic acids is 1. The summed E-state index contributed by atoms with van der Waals surface area (Å²) in [7, 11) is 3.09. The molecule has 0 aliphatic carbocycles. The summed E-state index contributed by atoms with van der Waals surface area (Å²) in [6, 6.07) is 5.16. The van der Waals surface area contributed by atoms with Crippen molar-refractivity contribution in [1.82, 2.24) is 9.97 Å². The zero-order valence-electron chi connectivity index (χ0n) is 14.3. The molecule has 2 N–H and O–H groups in total. The van der Waals surface area contributed by atoms with Gasteiger partial charge in [-0.15, -0.1) is 0 Å². The van der Waals surface area contributed by atoms with Crippen molar-refractivity contribution in [2.75, 3.05) is 31.4 Å². The van der Waals surface area contributed by atoms with Gasteiger partial charge in [-0.2, -0.15) is 0 Å². The van der Waals surface area contributed by atoms with Crippen LogP contribution in [0.3, 0.4) is 0 Å². The highest BCUT2D eigenvalue weighted by Crippen LogP contribution is 2.29. The molecule has 2 aromatic rings. The lowest BCUT2D eigenvalue weighted by Crippen LogP contribution is -2.16. The summed E-state index contributed by atoms with van der Waals surface area (Å²) < 4.78 is 10.4. The molecular weight excluding hydrogens is 308 g/mol. The van der Waals surface area contributed by atoms with Gasteiger partial charge in [-0.05, 0) is 18.1 Å². The van der Waals surface area contributed by atoms with Gasteiger partial charge in [0, 0.05) is 12.6 Å². The highest BCUT2D eigenvalue weighted by Gasteiger charge is 2.12. The quantitative estimate of drug-likeness (QED) is 0.812. The van der Waals surface area contributed by atoms with Gasteiger partial charge in [0.2, 0.25) is 0 Å². The Labute approximate surface area is 141 Å². The zero-order valence-corrected chi connectivity index (χ0v) is 14.3. The van der Waals surface area contributed by atoms with Crippen molar-refractivity contribution in [3.8, 4) is 11.5 Å². The first kappa shape index (κ1) is 17.5. The molecule has 0 bridgehead atoms. The van der Waals surface area contributed by atoms with Gasteiger partial charge in [0.15, 0.2) is 0 Å². The van der Waals surface area contributed by atoms with Crippen LogP contribution in [-0.2, 0) is 0 Å². The maximum Gasteiger partial charge on any atom is 0.275 e. The minimum atomic E-state index is -0.371. The Balaban J connectivity index is 2.09. The number of methoxy groups -OCH3 is 2. The Morgan fingerprint density at radius 2 is 1.96 bits per heavy atom. The van der Waals surface area contributed by atoms with E-state index in [-0.39, 0.29) is 11.6 Å². The fourth-order valence-corrected chi connectivity index (χ4v) is 1.94. The van der Waals surface area contributed by atoms with Gasteiger partial charge in [-0.3, -0.25) is 4.79 Å². The summed E-state index contributed by atoms with van der Waals surface area (Å²) in [4.78, 5) is 20.7. The van der Waals surface area contributed by atoms with E-state index in [2.05, 4.69) is 34.4 Å². The van der Waals surface area contributed by atoms with Crippen molar-refractivity contribution in [1.29, 1.82) is 0 Å². The highest BCUT2D eigenvalue weighted by atomic mass is 16.5. The molecule has 0 unspecified atom stereocenters. The normalized spacial score (nSPS) is 10.4. The van der Waals surface area contributed by atoms with Crippen molar-refractivity contribution < 1.29 is 14.3 Å². The molecular formula is C17H22N4O3. The lowest BCUT2D eigenvalue weighted by molar-refractivity contribution is 0.102. The van der Waals surface area contributed by atoms with Crippen molar-refractivity contribution in [2.45, 2.75) is 13.8 Å². The van der Waals surface area contributed by atoms with E-state index in [9.17, 15) is 4.79 Å². The van der Waals surface area contributed by atoms with E-state index in [1.807, 2.05) is 0 Å². The topological polar surface area (TPSA) is 85.4 Å². The van der Waals surface area contributed by atoms with Gasteiger partial charge in [0.1, 0.15) is 23.0 Å². The van der Waals surface area contributed by atoms with Gasteiger partial charge < -0.3 is 20.1 Å². The maximum absolute atomic E-state index is 12.3. The maximum atomic E-state index is 12.3. The van der Waals surface area contributed by atoms with Crippen molar-refractivity contribution in [2.24, 2.45) is 5.92 Å². The second-order valence-electron chi connectivity index (χ2n) is 5.58. The first-order valence-electron chi connectivity index (χ1n) is 7.62. The standard InChI is InChI=1S/C17H22N4O3/c1-11(2)8-19-16-10-18-14(9-20-16)17(22)21-13-7-12(23-3)5-6-15(13)24-4/h5-7,9-11H,8H2,1-4H3,(H,19,20)(H,21,22). The van der Waals surface area contributed by atoms with Crippen LogP contribution in [0, 0.1) is 5.92 Å². The van der Waals surface area contributed by atoms with Crippen LogP contribution in [0.4, 0.5) is 11.5 Å². The van der Waals surface area contributed by atoms with Gasteiger partial charge in [-0.1, -0.05) is 13.8 Å². The van der Waals surface area contributed by atoms with Crippen LogP contribution in [0.1, 0.15) is 24.3 Å². The second-order valence-corrected chi connectivity index (χ2v) is 5.58. The third-order valence-corrected chi connectivity index (χ3v) is 3.23. The molecule has 7 heteroatoms. The number of rotatable bonds is 7. The van der Waals surface area contributed by atoms with Crippen LogP contribution in [0.2, 0.25) is 0 Å². The molecule has 7 nitrogen and oxygen atoms in total. The zero-order chi connectivity index (χ0) is 17.5. The van der Waals surface area contributed by atoms with E-state index in [4.69, 9.17) is 9.47 Å². The Morgan fingerprint density at radius 1 is 1.17 bits per heavy atom. The number of nitrogens with one attached hydrogen (secondary N) is 2. The number of carbonyl (C=O) groups is 1. The number of anilines is 2. The van der Waals surface area contributed by atoms with E-state index >= 15 is 0 Å². The van der Waals surface area contributed by atoms with E-state index in [0.29, 0.717) is 28.9 Å². The molecule has 0 atom stereocenters. The summed E-state index contributed by atoms with van der Waals surface area (Å²) in [6.07, 6.45) is 2.98. The van der Waals surface area contributed by atoms with E-state index in [1.54, 1.807) is 31.5 Å². The average molecular weight is 330 g/mol. The highest BCUT2D eigenvalue weighted by molar-refractivity contribution is 6.03. The number of hydrogen-bond acceptors (Lipinski definition) is 6. The number of aromatic nitrogens is 2. The van der Waals surface area contributed by atoms with E-state index in [0.717, 1.165) is 6.54 Å². The Morgan fingerprint density at radius 3 is 2.54 bits per heavy atom. The third-order valence-electron chi connectivity index (χ3n) is 3.23. The van der Waals surface area contributed by atoms with Crippen LogP contribution >= 0.6 is 0 Å². The molecule has 2 rings (SSSR count).